The molecule has 1 rings (SSSR count). The average Bonchev–Trinajstić information content (AvgIpc) is 2.43. The van der Waals surface area contributed by atoms with Crippen LogP contribution in [0.4, 0.5) is 5.69 Å². The molecule has 0 radical (unpaired) electrons. The molecule has 0 unspecified atom stereocenters. The number of carbonyl (C=O) groups excluding carboxylic acids is 1. The number of hydrogen-bond acceptors (Lipinski definition) is 4. The second-order valence-corrected chi connectivity index (χ2v) is 6.88. The van der Waals surface area contributed by atoms with Crippen LogP contribution in [-0.4, -0.2) is 34.0 Å². The van der Waals surface area contributed by atoms with Gasteiger partial charge in [-0.1, -0.05) is 19.9 Å². The van der Waals surface area contributed by atoms with Gasteiger partial charge in [0.2, 0.25) is 15.9 Å². The van der Waals surface area contributed by atoms with Crippen molar-refractivity contribution in [2.24, 2.45) is 0 Å². The van der Waals surface area contributed by atoms with Gasteiger partial charge in [-0.05, 0) is 38.2 Å². The Morgan fingerprint density at radius 2 is 2.00 bits per heavy atom. The Kier molecular flexibility index (Phi) is 6.80. The monoisotopic (exact) mass is 313 g/mol. The van der Waals surface area contributed by atoms with E-state index in [9.17, 15) is 13.2 Å². The van der Waals surface area contributed by atoms with Gasteiger partial charge in [0.15, 0.2) is 0 Å². The van der Waals surface area contributed by atoms with E-state index in [1.54, 1.807) is 12.1 Å². The smallest absolute Gasteiger partial charge is 0.240 e. The van der Waals surface area contributed by atoms with Crippen molar-refractivity contribution in [3.63, 3.8) is 0 Å². The number of sulfonamides is 1. The van der Waals surface area contributed by atoms with E-state index in [4.69, 9.17) is 0 Å². The van der Waals surface area contributed by atoms with E-state index in [1.807, 2.05) is 13.8 Å². The van der Waals surface area contributed by atoms with Crippen molar-refractivity contribution in [2.45, 2.75) is 37.6 Å². The molecule has 0 fully saturated rings. The lowest BCUT2D eigenvalue weighted by Crippen LogP contribution is -2.24. The van der Waals surface area contributed by atoms with Crippen molar-refractivity contribution in [1.29, 1.82) is 0 Å². The summed E-state index contributed by atoms with van der Waals surface area (Å²) in [5.41, 5.74) is 0.480. The summed E-state index contributed by atoms with van der Waals surface area (Å²) in [5, 5.41) is 5.94. The van der Waals surface area contributed by atoms with E-state index in [0.29, 0.717) is 18.2 Å². The van der Waals surface area contributed by atoms with Gasteiger partial charge in [-0.25, -0.2) is 13.1 Å². The van der Waals surface area contributed by atoms with Gasteiger partial charge in [-0.15, -0.1) is 0 Å². The predicted octanol–water partition coefficient (Wildman–Crippen LogP) is 1.31. The lowest BCUT2D eigenvalue weighted by Gasteiger charge is -2.09. The number of nitrogens with one attached hydrogen (secondary N) is 3. The molecule has 0 heterocycles. The van der Waals surface area contributed by atoms with Crippen LogP contribution in [0, 0.1) is 0 Å². The van der Waals surface area contributed by atoms with Gasteiger partial charge in [-0.3, -0.25) is 4.79 Å². The molecule has 0 saturated carbocycles. The van der Waals surface area contributed by atoms with E-state index in [2.05, 4.69) is 15.4 Å². The van der Waals surface area contributed by atoms with Crippen molar-refractivity contribution >= 4 is 21.6 Å². The zero-order valence-corrected chi connectivity index (χ0v) is 13.5. The number of hydrogen-bond donors (Lipinski definition) is 3. The maximum Gasteiger partial charge on any atom is 0.240 e. The van der Waals surface area contributed by atoms with Crippen molar-refractivity contribution in [2.75, 3.05) is 18.9 Å². The fourth-order valence-corrected chi connectivity index (χ4v) is 2.50. The standard InChI is InChI=1S/C14H23N3O3S/c1-11(2)16-9-5-8-14(18)17-12-6-4-7-13(10-12)21(19,20)15-3/h4,6-7,10-11,15-16H,5,8-9H2,1-3H3,(H,17,18). The molecule has 1 aromatic rings. The first-order valence-electron chi connectivity index (χ1n) is 6.92. The summed E-state index contributed by atoms with van der Waals surface area (Å²) >= 11 is 0. The highest BCUT2D eigenvalue weighted by molar-refractivity contribution is 7.89. The minimum Gasteiger partial charge on any atom is -0.326 e. The molecule has 0 spiro atoms. The van der Waals surface area contributed by atoms with Crippen LogP contribution in [-0.2, 0) is 14.8 Å². The maximum absolute atomic E-state index is 11.8. The van der Waals surface area contributed by atoms with Crippen LogP contribution in [0.15, 0.2) is 29.2 Å². The van der Waals surface area contributed by atoms with Crippen LogP contribution in [0.3, 0.4) is 0 Å². The topological polar surface area (TPSA) is 87.3 Å². The Balaban J connectivity index is 2.55. The number of benzene rings is 1. The van der Waals surface area contributed by atoms with Crippen molar-refractivity contribution < 1.29 is 13.2 Å². The van der Waals surface area contributed by atoms with Crippen LogP contribution in [0.5, 0.6) is 0 Å². The first-order valence-corrected chi connectivity index (χ1v) is 8.40. The Bertz CT molecular complexity index is 571. The molecule has 0 aliphatic rings. The minimum atomic E-state index is -3.50. The number of carbonyl (C=O) groups is 1. The van der Waals surface area contributed by atoms with Crippen LogP contribution < -0.4 is 15.4 Å². The molecular formula is C14H23N3O3S. The van der Waals surface area contributed by atoms with Gasteiger partial charge in [0, 0.05) is 18.2 Å². The third kappa shape index (κ3) is 6.24. The highest BCUT2D eigenvalue weighted by atomic mass is 32.2. The largest absolute Gasteiger partial charge is 0.326 e. The molecule has 118 valence electrons. The fourth-order valence-electron chi connectivity index (χ4n) is 1.72. The number of amides is 1. The highest BCUT2D eigenvalue weighted by Crippen LogP contribution is 2.15. The summed E-state index contributed by atoms with van der Waals surface area (Å²) in [6, 6.07) is 6.58. The fraction of sp³-hybridized carbons (Fsp3) is 0.500. The molecule has 3 N–H and O–H groups in total. The summed E-state index contributed by atoms with van der Waals surface area (Å²) in [6.07, 6.45) is 1.13. The average molecular weight is 313 g/mol. The summed E-state index contributed by atoms with van der Waals surface area (Å²) in [4.78, 5) is 11.9. The lowest BCUT2D eigenvalue weighted by molar-refractivity contribution is -0.116. The Morgan fingerprint density at radius 3 is 2.62 bits per heavy atom. The van der Waals surface area contributed by atoms with Crippen LogP contribution in [0.2, 0.25) is 0 Å². The molecule has 21 heavy (non-hydrogen) atoms. The molecular weight excluding hydrogens is 290 g/mol. The molecule has 0 aliphatic carbocycles. The lowest BCUT2D eigenvalue weighted by atomic mass is 10.2. The zero-order valence-electron chi connectivity index (χ0n) is 12.6. The first-order chi connectivity index (χ1) is 9.85. The second-order valence-electron chi connectivity index (χ2n) is 5.00. The SMILES string of the molecule is CNS(=O)(=O)c1cccc(NC(=O)CCCNC(C)C)c1. The van der Waals surface area contributed by atoms with E-state index in [1.165, 1.54) is 19.2 Å². The maximum atomic E-state index is 11.8. The van der Waals surface area contributed by atoms with E-state index >= 15 is 0 Å². The highest BCUT2D eigenvalue weighted by Gasteiger charge is 2.12. The minimum absolute atomic E-state index is 0.125. The van der Waals surface area contributed by atoms with Gasteiger partial charge < -0.3 is 10.6 Å². The molecule has 0 atom stereocenters. The predicted molar refractivity (Wildman–Crippen MR) is 83.7 cm³/mol. The van der Waals surface area contributed by atoms with Crippen LogP contribution in [0.1, 0.15) is 26.7 Å². The summed E-state index contributed by atoms with van der Waals surface area (Å²) in [7, 11) is -2.15. The molecule has 1 amide bonds. The van der Waals surface area contributed by atoms with Gasteiger partial charge >= 0.3 is 0 Å². The Labute approximate surface area is 126 Å². The van der Waals surface area contributed by atoms with Gasteiger partial charge in [0.25, 0.3) is 0 Å². The summed E-state index contributed by atoms with van der Waals surface area (Å²) in [6.45, 7) is 4.88. The van der Waals surface area contributed by atoms with Crippen molar-refractivity contribution in [3.05, 3.63) is 24.3 Å². The number of rotatable bonds is 8. The normalized spacial score (nSPS) is 11.6. The van der Waals surface area contributed by atoms with E-state index in [-0.39, 0.29) is 10.8 Å². The molecule has 0 aromatic heterocycles. The molecule has 7 heteroatoms. The summed E-state index contributed by atoms with van der Waals surface area (Å²) in [5.74, 6) is -0.125. The Morgan fingerprint density at radius 1 is 1.29 bits per heavy atom. The van der Waals surface area contributed by atoms with Crippen LogP contribution in [0.25, 0.3) is 0 Å². The van der Waals surface area contributed by atoms with Gasteiger partial charge in [0.1, 0.15) is 0 Å². The third-order valence-corrected chi connectivity index (χ3v) is 4.24. The zero-order chi connectivity index (χ0) is 15.9. The molecule has 6 nitrogen and oxygen atoms in total. The van der Waals surface area contributed by atoms with Crippen LogP contribution >= 0.6 is 0 Å². The number of anilines is 1. The first kappa shape index (κ1) is 17.6. The van der Waals surface area contributed by atoms with Crippen molar-refractivity contribution in [1.82, 2.24) is 10.0 Å². The van der Waals surface area contributed by atoms with E-state index < -0.39 is 10.0 Å². The molecule has 0 bridgehead atoms. The van der Waals surface area contributed by atoms with Gasteiger partial charge in [-0.2, -0.15) is 0 Å². The van der Waals surface area contributed by atoms with Crippen molar-refractivity contribution in [3.8, 4) is 0 Å². The van der Waals surface area contributed by atoms with E-state index in [0.717, 1.165) is 13.0 Å². The molecule has 1 aromatic carbocycles. The van der Waals surface area contributed by atoms with Gasteiger partial charge in [0.05, 0.1) is 4.90 Å². The second kappa shape index (κ2) is 8.11. The Hall–Kier alpha value is -1.44. The summed E-state index contributed by atoms with van der Waals surface area (Å²) < 4.78 is 25.6. The third-order valence-electron chi connectivity index (χ3n) is 2.83. The quantitative estimate of drug-likeness (QED) is 0.632. The molecule has 0 aliphatic heterocycles. The molecule has 0 saturated heterocycles.